The Hall–Kier alpha value is -1.91. The van der Waals surface area contributed by atoms with Gasteiger partial charge in [0.2, 0.25) is 0 Å². The van der Waals surface area contributed by atoms with Crippen LogP contribution in [0.25, 0.3) is 0 Å². The van der Waals surface area contributed by atoms with Crippen molar-refractivity contribution in [3.63, 3.8) is 0 Å². The number of rotatable bonds is 3. The van der Waals surface area contributed by atoms with E-state index in [9.17, 15) is 9.59 Å². The molecular weight excluding hydrogens is 196 g/mol. The molecule has 1 heterocycles. The van der Waals surface area contributed by atoms with E-state index in [4.69, 9.17) is 0 Å². The van der Waals surface area contributed by atoms with Gasteiger partial charge in [-0.05, 0) is 12.1 Å². The van der Waals surface area contributed by atoms with Gasteiger partial charge in [-0.2, -0.15) is 0 Å². The molecule has 1 N–H and O–H groups in total. The number of carbonyl (C=O) groups is 2. The fourth-order valence-electron chi connectivity index (χ4n) is 1.01. The van der Waals surface area contributed by atoms with Crippen molar-refractivity contribution in [2.24, 2.45) is 0 Å². The lowest BCUT2D eigenvalue weighted by Crippen LogP contribution is -2.23. The molecular formula is C10H12N2O3. The minimum absolute atomic E-state index is 0.102. The monoisotopic (exact) mass is 208 g/mol. The molecule has 0 atom stereocenters. The Morgan fingerprint density at radius 2 is 2.20 bits per heavy atom. The molecule has 1 aromatic rings. The zero-order chi connectivity index (χ0) is 11.3. The van der Waals surface area contributed by atoms with Crippen molar-refractivity contribution < 1.29 is 14.3 Å². The van der Waals surface area contributed by atoms with Gasteiger partial charge in [0.15, 0.2) is 5.78 Å². The number of ether oxygens (including phenoxy) is 1. The van der Waals surface area contributed by atoms with E-state index in [1.807, 2.05) is 0 Å². The number of hydrogen-bond donors (Lipinski definition) is 1. The van der Waals surface area contributed by atoms with E-state index < -0.39 is 6.09 Å². The van der Waals surface area contributed by atoms with Gasteiger partial charge in [-0.15, -0.1) is 0 Å². The zero-order valence-electron chi connectivity index (χ0n) is 8.61. The summed E-state index contributed by atoms with van der Waals surface area (Å²) >= 11 is 0. The highest BCUT2D eigenvalue weighted by atomic mass is 16.5. The largest absolute Gasteiger partial charge is 0.453 e. The van der Waals surface area contributed by atoms with Crippen LogP contribution in [0.5, 0.6) is 0 Å². The molecule has 15 heavy (non-hydrogen) atoms. The summed E-state index contributed by atoms with van der Waals surface area (Å²) in [6, 6.07) is 5.07. The molecule has 80 valence electrons. The van der Waals surface area contributed by atoms with Crippen molar-refractivity contribution in [2.75, 3.05) is 7.11 Å². The summed E-state index contributed by atoms with van der Waals surface area (Å²) in [5.74, 6) is -0.102. The molecule has 5 heteroatoms. The van der Waals surface area contributed by atoms with Crippen molar-refractivity contribution >= 4 is 11.9 Å². The first-order valence-corrected chi connectivity index (χ1v) is 4.42. The zero-order valence-corrected chi connectivity index (χ0v) is 8.61. The highest BCUT2D eigenvalue weighted by Gasteiger charge is 2.03. The Balaban J connectivity index is 2.66. The lowest BCUT2D eigenvalue weighted by atomic mass is 10.2. The quantitative estimate of drug-likeness (QED) is 0.756. The average Bonchev–Trinajstić information content (AvgIpc) is 2.26. The van der Waals surface area contributed by atoms with Crippen LogP contribution in [0.3, 0.4) is 0 Å². The molecule has 0 aliphatic rings. The van der Waals surface area contributed by atoms with Crippen LogP contribution in [-0.4, -0.2) is 24.0 Å². The van der Waals surface area contributed by atoms with Crippen LogP contribution in [0, 0.1) is 0 Å². The number of pyridine rings is 1. The van der Waals surface area contributed by atoms with Gasteiger partial charge < -0.3 is 10.1 Å². The van der Waals surface area contributed by atoms with Gasteiger partial charge >= 0.3 is 6.09 Å². The summed E-state index contributed by atoms with van der Waals surface area (Å²) in [5.41, 5.74) is 1.01. The Bertz CT molecular complexity index is 377. The maximum absolute atomic E-state index is 11.0. The lowest BCUT2D eigenvalue weighted by Gasteiger charge is -2.03. The topological polar surface area (TPSA) is 68.3 Å². The van der Waals surface area contributed by atoms with Gasteiger partial charge in [0.05, 0.1) is 19.3 Å². The molecule has 0 saturated heterocycles. The average molecular weight is 208 g/mol. The predicted molar refractivity (Wildman–Crippen MR) is 53.5 cm³/mol. The predicted octanol–water partition coefficient (Wildman–Crippen LogP) is 1.14. The molecule has 1 rings (SSSR count). The molecule has 0 bridgehead atoms. The molecule has 1 aromatic heterocycles. The van der Waals surface area contributed by atoms with Crippen LogP contribution in [0.2, 0.25) is 0 Å². The third-order valence-corrected chi connectivity index (χ3v) is 1.77. The molecule has 0 radical (unpaired) electrons. The number of Topliss-reactive ketones (excluding diaryl/α,β-unsaturated/α-hetero) is 1. The fourth-order valence-corrected chi connectivity index (χ4v) is 1.01. The highest BCUT2D eigenvalue weighted by Crippen LogP contribution is 2.00. The fraction of sp³-hybridized carbons (Fsp3) is 0.300. The van der Waals surface area contributed by atoms with E-state index in [2.05, 4.69) is 15.0 Å². The molecule has 1 amide bonds. The SMILES string of the molecule is COC(=O)NCc1cccc(C(C)=O)n1. The number of alkyl carbamates (subject to hydrolysis) is 1. The van der Waals surface area contributed by atoms with Gasteiger partial charge in [0.25, 0.3) is 0 Å². The highest BCUT2D eigenvalue weighted by molar-refractivity contribution is 5.92. The van der Waals surface area contributed by atoms with Crippen molar-refractivity contribution in [3.8, 4) is 0 Å². The molecule has 0 aromatic carbocycles. The van der Waals surface area contributed by atoms with Crippen molar-refractivity contribution in [1.82, 2.24) is 10.3 Å². The maximum Gasteiger partial charge on any atom is 0.407 e. The molecule has 5 nitrogen and oxygen atoms in total. The third kappa shape index (κ3) is 3.38. The number of amides is 1. The summed E-state index contributed by atoms with van der Waals surface area (Å²) in [5, 5.41) is 2.48. The molecule has 0 fully saturated rings. The number of aromatic nitrogens is 1. The number of nitrogens with one attached hydrogen (secondary N) is 1. The second-order valence-corrected chi connectivity index (χ2v) is 2.92. The number of hydrogen-bond acceptors (Lipinski definition) is 4. The summed E-state index contributed by atoms with van der Waals surface area (Å²) in [6.07, 6.45) is -0.523. The molecule has 0 spiro atoms. The Labute approximate surface area is 87.5 Å². The lowest BCUT2D eigenvalue weighted by molar-refractivity contribution is 0.101. The van der Waals surface area contributed by atoms with Crippen LogP contribution < -0.4 is 5.32 Å². The minimum Gasteiger partial charge on any atom is -0.453 e. The standard InChI is InChI=1S/C10H12N2O3/c1-7(13)9-5-3-4-8(12-9)6-11-10(14)15-2/h3-5H,6H2,1-2H3,(H,11,14). The van der Waals surface area contributed by atoms with E-state index >= 15 is 0 Å². The summed E-state index contributed by atoms with van der Waals surface area (Å²) in [4.78, 5) is 25.9. The summed E-state index contributed by atoms with van der Waals surface area (Å²) in [7, 11) is 1.29. The van der Waals surface area contributed by atoms with E-state index in [1.54, 1.807) is 18.2 Å². The molecule has 0 aliphatic heterocycles. The second kappa shape index (κ2) is 5.09. The van der Waals surface area contributed by atoms with Gasteiger partial charge in [-0.1, -0.05) is 6.07 Å². The summed E-state index contributed by atoms with van der Waals surface area (Å²) < 4.78 is 4.40. The van der Waals surface area contributed by atoms with Crippen molar-refractivity contribution in [2.45, 2.75) is 13.5 Å². The Kier molecular flexibility index (Phi) is 3.79. The third-order valence-electron chi connectivity index (χ3n) is 1.77. The molecule has 0 aliphatic carbocycles. The normalized spacial score (nSPS) is 9.47. The second-order valence-electron chi connectivity index (χ2n) is 2.92. The van der Waals surface area contributed by atoms with E-state index in [0.717, 1.165) is 0 Å². The minimum atomic E-state index is -0.523. The first-order chi connectivity index (χ1) is 7.13. The van der Waals surface area contributed by atoms with Gasteiger partial charge in [-0.3, -0.25) is 4.79 Å². The van der Waals surface area contributed by atoms with Crippen molar-refractivity contribution in [3.05, 3.63) is 29.6 Å². The van der Waals surface area contributed by atoms with Gasteiger partial charge in [-0.25, -0.2) is 9.78 Å². The number of carbonyl (C=O) groups excluding carboxylic acids is 2. The molecule has 0 saturated carbocycles. The van der Waals surface area contributed by atoms with Crippen LogP contribution >= 0.6 is 0 Å². The van der Waals surface area contributed by atoms with Crippen LogP contribution in [0.4, 0.5) is 4.79 Å². The van der Waals surface area contributed by atoms with Gasteiger partial charge in [0, 0.05) is 6.92 Å². The summed E-state index contributed by atoms with van der Waals surface area (Å²) in [6.45, 7) is 1.69. The van der Waals surface area contributed by atoms with Crippen LogP contribution in [-0.2, 0) is 11.3 Å². The first kappa shape index (κ1) is 11.2. The van der Waals surface area contributed by atoms with E-state index in [-0.39, 0.29) is 12.3 Å². The first-order valence-electron chi connectivity index (χ1n) is 4.42. The Morgan fingerprint density at radius 1 is 1.47 bits per heavy atom. The Morgan fingerprint density at radius 3 is 2.80 bits per heavy atom. The smallest absolute Gasteiger partial charge is 0.407 e. The van der Waals surface area contributed by atoms with Crippen LogP contribution in [0.15, 0.2) is 18.2 Å². The van der Waals surface area contributed by atoms with Crippen molar-refractivity contribution in [1.29, 1.82) is 0 Å². The number of ketones is 1. The maximum atomic E-state index is 11.0. The van der Waals surface area contributed by atoms with Crippen LogP contribution in [0.1, 0.15) is 23.1 Å². The van der Waals surface area contributed by atoms with E-state index in [1.165, 1.54) is 14.0 Å². The number of methoxy groups -OCH3 is 1. The van der Waals surface area contributed by atoms with Gasteiger partial charge in [0.1, 0.15) is 5.69 Å². The number of nitrogens with zero attached hydrogens (tertiary/aromatic N) is 1. The molecule has 0 unspecified atom stereocenters. The van der Waals surface area contributed by atoms with E-state index in [0.29, 0.717) is 11.4 Å².